The highest BCUT2D eigenvalue weighted by atomic mass is 32.2. The molecule has 0 aliphatic heterocycles. The average Bonchev–Trinajstić information content (AvgIpc) is 3.18. The van der Waals surface area contributed by atoms with Crippen molar-refractivity contribution in [3.63, 3.8) is 0 Å². The Labute approximate surface area is 297 Å². The second-order valence-electron chi connectivity index (χ2n) is 11.3. The average molecular weight is 687 g/mol. The first kappa shape index (κ1) is 34.1. The van der Waals surface area contributed by atoms with Crippen molar-refractivity contribution in [3.8, 4) is 67.5 Å². The predicted octanol–water partition coefficient (Wildman–Crippen LogP) is 11.4. The fourth-order valence-corrected chi connectivity index (χ4v) is 7.03. The molecule has 0 heterocycles. The van der Waals surface area contributed by atoms with Crippen molar-refractivity contribution in [2.24, 2.45) is 0 Å². The van der Waals surface area contributed by atoms with Gasteiger partial charge < -0.3 is 18.9 Å². The van der Waals surface area contributed by atoms with Crippen LogP contribution in [0.2, 0.25) is 0 Å². The molecule has 0 atom stereocenters. The van der Waals surface area contributed by atoms with Crippen LogP contribution in [0, 0.1) is 0 Å². The highest BCUT2D eigenvalue weighted by molar-refractivity contribution is 8.07. The topological polar surface area (TPSA) is 46.2 Å². The molecule has 6 aromatic carbocycles. The minimum atomic E-state index is 0.693. The smallest absolute Gasteiger partial charge is 0.118 e. The Morgan fingerprint density at radius 3 is 0.939 bits per heavy atom. The Morgan fingerprint density at radius 1 is 0.347 bits per heavy atom. The van der Waals surface area contributed by atoms with Crippen LogP contribution in [0.25, 0.3) is 44.5 Å². The SMILES string of the molecule is COc1ccc(-c2ccc(CSOSCc3ccc(-c4ccc(OC)cc4)cc3-c3ccc(OC)cc3)c(-c3ccc(OC)cc3)c2)cc1. The molecule has 0 amide bonds. The summed E-state index contributed by atoms with van der Waals surface area (Å²) in [4.78, 5) is 0. The zero-order valence-electron chi connectivity index (χ0n) is 28.0. The predicted molar refractivity (Wildman–Crippen MR) is 205 cm³/mol. The molecular weight excluding hydrogens is 649 g/mol. The van der Waals surface area contributed by atoms with Crippen LogP contribution in [0.3, 0.4) is 0 Å². The summed E-state index contributed by atoms with van der Waals surface area (Å²) in [5, 5.41) is 0. The van der Waals surface area contributed by atoms with Crippen LogP contribution < -0.4 is 18.9 Å². The quantitative estimate of drug-likeness (QED) is 0.0835. The summed E-state index contributed by atoms with van der Waals surface area (Å²) in [6, 6.07) is 45.9. The highest BCUT2D eigenvalue weighted by Crippen LogP contribution is 2.37. The molecule has 6 aromatic rings. The molecule has 0 aliphatic rings. The first-order valence-corrected chi connectivity index (χ1v) is 17.7. The van der Waals surface area contributed by atoms with Crippen LogP contribution in [0.4, 0.5) is 0 Å². The van der Waals surface area contributed by atoms with E-state index in [0.29, 0.717) is 11.5 Å². The van der Waals surface area contributed by atoms with E-state index in [4.69, 9.17) is 22.6 Å². The molecule has 5 nitrogen and oxygen atoms in total. The molecule has 0 saturated heterocycles. The van der Waals surface area contributed by atoms with Crippen LogP contribution in [-0.2, 0) is 15.1 Å². The number of rotatable bonds is 14. The second kappa shape index (κ2) is 16.5. The maximum absolute atomic E-state index is 6.14. The van der Waals surface area contributed by atoms with Crippen molar-refractivity contribution >= 4 is 24.1 Å². The summed E-state index contributed by atoms with van der Waals surface area (Å²) in [7, 11) is 6.74. The molecule has 0 fully saturated rings. The van der Waals surface area contributed by atoms with Gasteiger partial charge >= 0.3 is 0 Å². The van der Waals surface area contributed by atoms with E-state index in [2.05, 4.69) is 84.9 Å². The van der Waals surface area contributed by atoms with Crippen molar-refractivity contribution in [2.75, 3.05) is 28.4 Å². The van der Waals surface area contributed by atoms with Gasteiger partial charge in [-0.1, -0.05) is 72.8 Å². The number of methoxy groups -OCH3 is 4. The molecule has 0 unspecified atom stereocenters. The van der Waals surface area contributed by atoms with Gasteiger partial charge in [0.05, 0.1) is 28.4 Å². The first-order chi connectivity index (χ1) is 24.1. The molecular formula is C42H38O5S2. The van der Waals surface area contributed by atoms with E-state index >= 15 is 0 Å². The maximum Gasteiger partial charge on any atom is 0.118 e. The Bertz CT molecular complexity index is 1810. The van der Waals surface area contributed by atoms with Crippen LogP contribution in [-0.4, -0.2) is 28.4 Å². The van der Waals surface area contributed by atoms with Gasteiger partial charge in [0.2, 0.25) is 0 Å². The molecule has 49 heavy (non-hydrogen) atoms. The van der Waals surface area contributed by atoms with E-state index in [1.807, 2.05) is 48.5 Å². The molecule has 248 valence electrons. The third-order valence-electron chi connectivity index (χ3n) is 8.39. The lowest BCUT2D eigenvalue weighted by Gasteiger charge is -2.14. The normalized spacial score (nSPS) is 10.9. The van der Waals surface area contributed by atoms with Gasteiger partial charge in [-0.25, -0.2) is 3.63 Å². The van der Waals surface area contributed by atoms with Crippen molar-refractivity contribution in [3.05, 3.63) is 145 Å². The van der Waals surface area contributed by atoms with E-state index in [0.717, 1.165) is 67.5 Å². The number of hydrogen-bond acceptors (Lipinski definition) is 7. The minimum absolute atomic E-state index is 0.693. The Kier molecular flexibility index (Phi) is 11.5. The summed E-state index contributed by atoms with van der Waals surface area (Å²) < 4.78 is 27.7. The van der Waals surface area contributed by atoms with E-state index < -0.39 is 0 Å². The third kappa shape index (κ3) is 8.43. The fraction of sp³-hybridized carbons (Fsp3) is 0.143. The molecule has 0 aliphatic carbocycles. The second-order valence-corrected chi connectivity index (χ2v) is 12.8. The van der Waals surface area contributed by atoms with Crippen molar-refractivity contribution < 1.29 is 22.6 Å². The first-order valence-electron chi connectivity index (χ1n) is 15.8. The molecule has 0 radical (unpaired) electrons. The zero-order chi connectivity index (χ0) is 34.0. The summed E-state index contributed by atoms with van der Waals surface area (Å²) >= 11 is 2.90. The molecule has 0 N–H and O–H groups in total. The lowest BCUT2D eigenvalue weighted by molar-refractivity contribution is 0.415. The van der Waals surface area contributed by atoms with Crippen LogP contribution in [0.15, 0.2) is 133 Å². The Balaban J connectivity index is 1.18. The van der Waals surface area contributed by atoms with Crippen LogP contribution in [0.1, 0.15) is 11.1 Å². The molecule has 0 saturated carbocycles. The van der Waals surface area contributed by atoms with E-state index in [1.54, 1.807) is 28.4 Å². The molecule has 0 bridgehead atoms. The lowest BCUT2D eigenvalue weighted by Crippen LogP contribution is -1.92. The Hall–Kier alpha value is -4.82. The number of hydrogen-bond donors (Lipinski definition) is 0. The van der Waals surface area contributed by atoms with Gasteiger partial charge in [-0.15, -0.1) is 0 Å². The molecule has 6 rings (SSSR count). The van der Waals surface area contributed by atoms with Gasteiger partial charge in [0.25, 0.3) is 0 Å². The maximum atomic E-state index is 6.14. The van der Waals surface area contributed by atoms with Gasteiger partial charge in [0.1, 0.15) is 23.0 Å². The molecule has 0 aromatic heterocycles. The van der Waals surface area contributed by atoms with Crippen LogP contribution >= 0.6 is 24.1 Å². The zero-order valence-corrected chi connectivity index (χ0v) is 29.6. The number of ether oxygens (including phenoxy) is 4. The minimum Gasteiger partial charge on any atom is -0.497 e. The molecule has 7 heteroatoms. The summed E-state index contributed by atoms with van der Waals surface area (Å²) in [6.07, 6.45) is 0. The van der Waals surface area contributed by atoms with Crippen molar-refractivity contribution in [1.82, 2.24) is 0 Å². The third-order valence-corrected chi connectivity index (χ3v) is 10.0. The van der Waals surface area contributed by atoms with E-state index in [1.165, 1.54) is 35.2 Å². The lowest BCUT2D eigenvalue weighted by atomic mass is 9.95. The van der Waals surface area contributed by atoms with Gasteiger partial charge in [0.15, 0.2) is 0 Å². The van der Waals surface area contributed by atoms with E-state index in [9.17, 15) is 0 Å². The van der Waals surface area contributed by atoms with Crippen molar-refractivity contribution in [1.29, 1.82) is 0 Å². The van der Waals surface area contributed by atoms with Gasteiger partial charge in [-0.2, -0.15) is 0 Å². The van der Waals surface area contributed by atoms with Crippen LogP contribution in [0.5, 0.6) is 23.0 Å². The monoisotopic (exact) mass is 686 g/mol. The largest absolute Gasteiger partial charge is 0.497 e. The summed E-state index contributed by atoms with van der Waals surface area (Å²) in [5.74, 6) is 4.73. The standard InChI is InChI=1S/C42H38O5S2/c1-43-37-17-9-29(10-18-37)33-5-7-35(41(25-33)31-13-21-39(45-3)22-14-31)27-48-47-49-28-36-8-6-34(30-11-19-38(44-2)20-12-30)26-42(36)32-15-23-40(46-4)24-16-32/h5-26H,27-28H2,1-4H3. The Morgan fingerprint density at radius 2 is 0.633 bits per heavy atom. The summed E-state index contributed by atoms with van der Waals surface area (Å²) in [6.45, 7) is 0. The van der Waals surface area contributed by atoms with Crippen molar-refractivity contribution in [2.45, 2.75) is 11.5 Å². The van der Waals surface area contributed by atoms with Gasteiger partial charge in [-0.05, 0) is 116 Å². The van der Waals surface area contributed by atoms with Gasteiger partial charge in [-0.3, -0.25) is 0 Å². The molecule has 0 spiro atoms. The highest BCUT2D eigenvalue weighted by Gasteiger charge is 2.12. The fourth-order valence-electron chi connectivity index (χ4n) is 5.62. The van der Waals surface area contributed by atoms with Gasteiger partial charge in [0, 0.05) is 35.6 Å². The summed E-state index contributed by atoms with van der Waals surface area (Å²) in [5.41, 5.74) is 11.5. The number of benzene rings is 6. The van der Waals surface area contributed by atoms with E-state index in [-0.39, 0.29) is 0 Å².